The van der Waals surface area contributed by atoms with Crippen molar-refractivity contribution < 1.29 is 9.59 Å². The first-order chi connectivity index (χ1) is 8.61. The van der Waals surface area contributed by atoms with Crippen molar-refractivity contribution in [3.8, 4) is 0 Å². The number of likely N-dealkylation sites (N-methyl/N-ethyl adjacent to an activating group) is 1. The van der Waals surface area contributed by atoms with Gasteiger partial charge in [-0.2, -0.15) is 0 Å². The van der Waals surface area contributed by atoms with Gasteiger partial charge in [-0.05, 0) is 30.7 Å². The van der Waals surface area contributed by atoms with Crippen LogP contribution in [0, 0.1) is 5.92 Å². The minimum absolute atomic E-state index is 0.0381. The average Bonchev–Trinajstić information content (AvgIpc) is 2.78. The molecule has 0 aromatic carbocycles. The van der Waals surface area contributed by atoms with Crippen molar-refractivity contribution in [1.29, 1.82) is 0 Å². The fourth-order valence-corrected chi connectivity index (χ4v) is 3.46. The van der Waals surface area contributed by atoms with Gasteiger partial charge in [-0.25, -0.2) is 0 Å². The zero-order valence-corrected chi connectivity index (χ0v) is 11.5. The van der Waals surface area contributed by atoms with Crippen molar-refractivity contribution in [3.63, 3.8) is 0 Å². The normalized spacial score (nSPS) is 18.0. The fourth-order valence-electron chi connectivity index (χ4n) is 2.21. The van der Waals surface area contributed by atoms with Gasteiger partial charge in [0.25, 0.3) is 5.91 Å². The molecule has 1 aromatic heterocycles. The molecule has 18 heavy (non-hydrogen) atoms. The van der Waals surface area contributed by atoms with Crippen molar-refractivity contribution in [2.75, 3.05) is 13.6 Å². The summed E-state index contributed by atoms with van der Waals surface area (Å²) in [5.41, 5.74) is 1.94. The van der Waals surface area contributed by atoms with Gasteiger partial charge in [0.05, 0.1) is 12.1 Å². The lowest BCUT2D eigenvalue weighted by atomic mass is 9.88. The first-order valence-corrected chi connectivity index (χ1v) is 7.07. The van der Waals surface area contributed by atoms with Crippen LogP contribution >= 0.6 is 11.3 Å². The molecule has 1 aromatic rings. The van der Waals surface area contributed by atoms with Gasteiger partial charge >= 0.3 is 0 Å². The van der Waals surface area contributed by atoms with Crippen LogP contribution in [-0.4, -0.2) is 25.4 Å². The Bertz CT molecular complexity index is 468. The van der Waals surface area contributed by atoms with Gasteiger partial charge in [0.15, 0.2) is 0 Å². The van der Waals surface area contributed by atoms with E-state index in [0.29, 0.717) is 5.92 Å². The van der Waals surface area contributed by atoms with E-state index in [-0.39, 0.29) is 18.4 Å². The average molecular weight is 266 g/mol. The number of rotatable bonds is 3. The highest BCUT2D eigenvalue weighted by Crippen LogP contribution is 2.32. The number of hydrogen-bond donors (Lipinski definition) is 2. The molecule has 5 heteroatoms. The van der Waals surface area contributed by atoms with E-state index in [1.807, 2.05) is 5.38 Å². The van der Waals surface area contributed by atoms with Gasteiger partial charge in [0, 0.05) is 17.3 Å². The summed E-state index contributed by atoms with van der Waals surface area (Å²) in [5, 5.41) is 7.05. The topological polar surface area (TPSA) is 58.2 Å². The van der Waals surface area contributed by atoms with Crippen LogP contribution in [0.5, 0.6) is 0 Å². The van der Waals surface area contributed by atoms with Crippen molar-refractivity contribution >= 4 is 23.2 Å². The smallest absolute Gasteiger partial charge is 0.252 e. The van der Waals surface area contributed by atoms with E-state index in [2.05, 4.69) is 17.6 Å². The molecule has 0 aliphatic heterocycles. The summed E-state index contributed by atoms with van der Waals surface area (Å²) in [6.07, 6.45) is 3.19. The molecule has 1 aliphatic rings. The molecular weight excluding hydrogens is 248 g/mol. The molecule has 0 spiro atoms. The Morgan fingerprint density at radius 1 is 1.50 bits per heavy atom. The first-order valence-electron chi connectivity index (χ1n) is 6.19. The number of amides is 2. The summed E-state index contributed by atoms with van der Waals surface area (Å²) in [7, 11) is 1.56. The Morgan fingerprint density at radius 2 is 2.28 bits per heavy atom. The van der Waals surface area contributed by atoms with Gasteiger partial charge in [0.2, 0.25) is 5.91 Å². The van der Waals surface area contributed by atoms with E-state index in [9.17, 15) is 9.59 Å². The standard InChI is InChI=1S/C13H18N2O2S/c1-8-3-4-9-10(7-18-11(9)5-8)13(17)15-6-12(16)14-2/h7-8H,3-6H2,1-2H3,(H,14,16)(H,15,17)/t8-/m0/s1. The maximum absolute atomic E-state index is 12.0. The number of thiophene rings is 1. The van der Waals surface area contributed by atoms with Crippen molar-refractivity contribution in [3.05, 3.63) is 21.4 Å². The molecule has 0 saturated heterocycles. The molecule has 0 bridgehead atoms. The van der Waals surface area contributed by atoms with Crippen LogP contribution in [0.25, 0.3) is 0 Å². The summed E-state index contributed by atoms with van der Waals surface area (Å²) < 4.78 is 0. The Balaban J connectivity index is 2.05. The zero-order chi connectivity index (χ0) is 13.1. The van der Waals surface area contributed by atoms with Crippen molar-refractivity contribution in [2.24, 2.45) is 5.92 Å². The van der Waals surface area contributed by atoms with Crippen LogP contribution in [0.4, 0.5) is 0 Å². The predicted octanol–water partition coefficient (Wildman–Crippen LogP) is 1.35. The highest BCUT2D eigenvalue weighted by molar-refractivity contribution is 7.10. The maximum atomic E-state index is 12.0. The lowest BCUT2D eigenvalue weighted by Crippen LogP contribution is -2.35. The van der Waals surface area contributed by atoms with E-state index in [1.165, 1.54) is 10.4 Å². The molecule has 4 nitrogen and oxygen atoms in total. The van der Waals surface area contributed by atoms with Gasteiger partial charge in [-0.15, -0.1) is 11.3 Å². The van der Waals surface area contributed by atoms with Crippen LogP contribution in [0.15, 0.2) is 5.38 Å². The third-order valence-corrected chi connectivity index (χ3v) is 4.39. The minimum atomic E-state index is -0.180. The molecule has 1 heterocycles. The molecule has 0 unspecified atom stereocenters. The SMILES string of the molecule is CNC(=O)CNC(=O)c1csc2c1CC[C@H](C)C2. The van der Waals surface area contributed by atoms with E-state index in [1.54, 1.807) is 18.4 Å². The largest absolute Gasteiger partial charge is 0.358 e. The second kappa shape index (κ2) is 5.52. The molecule has 1 atom stereocenters. The molecule has 0 saturated carbocycles. The summed E-state index contributed by atoms with van der Waals surface area (Å²) in [4.78, 5) is 24.4. The molecule has 0 radical (unpaired) electrons. The molecule has 2 N–H and O–H groups in total. The minimum Gasteiger partial charge on any atom is -0.358 e. The summed E-state index contributed by atoms with van der Waals surface area (Å²) in [6.45, 7) is 2.28. The van der Waals surface area contributed by atoms with Crippen LogP contribution < -0.4 is 10.6 Å². The molecule has 0 fully saturated rings. The van der Waals surface area contributed by atoms with E-state index >= 15 is 0 Å². The second-order valence-electron chi connectivity index (χ2n) is 4.75. The maximum Gasteiger partial charge on any atom is 0.252 e. The van der Waals surface area contributed by atoms with Crippen LogP contribution in [0.1, 0.15) is 34.1 Å². The van der Waals surface area contributed by atoms with Crippen LogP contribution in [0.2, 0.25) is 0 Å². The van der Waals surface area contributed by atoms with Crippen molar-refractivity contribution in [1.82, 2.24) is 10.6 Å². The Labute approximate surface area is 111 Å². The number of fused-ring (bicyclic) bond motifs is 1. The summed E-state index contributed by atoms with van der Waals surface area (Å²) in [6, 6.07) is 0. The van der Waals surface area contributed by atoms with E-state index < -0.39 is 0 Å². The number of carbonyl (C=O) groups is 2. The van der Waals surface area contributed by atoms with Crippen molar-refractivity contribution in [2.45, 2.75) is 26.2 Å². The van der Waals surface area contributed by atoms with Gasteiger partial charge < -0.3 is 10.6 Å². The summed E-state index contributed by atoms with van der Waals surface area (Å²) in [5.74, 6) is 0.393. The third-order valence-electron chi connectivity index (χ3n) is 3.33. The molecule has 1 aliphatic carbocycles. The lowest BCUT2D eigenvalue weighted by molar-refractivity contribution is -0.119. The van der Waals surface area contributed by atoms with Crippen LogP contribution in [-0.2, 0) is 17.6 Å². The van der Waals surface area contributed by atoms with Gasteiger partial charge in [-0.3, -0.25) is 9.59 Å². The molecular formula is C13H18N2O2S. The van der Waals surface area contributed by atoms with Gasteiger partial charge in [0.1, 0.15) is 0 Å². The second-order valence-corrected chi connectivity index (χ2v) is 5.72. The first kappa shape index (κ1) is 13.1. The molecule has 98 valence electrons. The quantitative estimate of drug-likeness (QED) is 0.867. The monoisotopic (exact) mass is 266 g/mol. The zero-order valence-electron chi connectivity index (χ0n) is 10.7. The molecule has 2 amide bonds. The van der Waals surface area contributed by atoms with Crippen LogP contribution in [0.3, 0.4) is 0 Å². The number of carbonyl (C=O) groups excluding carboxylic acids is 2. The Kier molecular flexibility index (Phi) is 4.01. The third kappa shape index (κ3) is 2.72. The highest BCUT2D eigenvalue weighted by Gasteiger charge is 2.23. The lowest BCUT2D eigenvalue weighted by Gasteiger charge is -2.18. The Morgan fingerprint density at radius 3 is 3.00 bits per heavy atom. The predicted molar refractivity (Wildman–Crippen MR) is 71.9 cm³/mol. The fraction of sp³-hybridized carbons (Fsp3) is 0.538. The summed E-state index contributed by atoms with van der Waals surface area (Å²) >= 11 is 1.66. The van der Waals surface area contributed by atoms with Gasteiger partial charge in [-0.1, -0.05) is 6.92 Å². The Hall–Kier alpha value is -1.36. The number of hydrogen-bond acceptors (Lipinski definition) is 3. The van der Waals surface area contributed by atoms with E-state index in [4.69, 9.17) is 0 Å². The number of nitrogens with one attached hydrogen (secondary N) is 2. The van der Waals surface area contributed by atoms with E-state index in [0.717, 1.165) is 24.8 Å². The highest BCUT2D eigenvalue weighted by atomic mass is 32.1. The molecule has 2 rings (SSSR count).